The molecule has 0 bridgehead atoms. The number of nitrogens with zero attached hydrogens (tertiary/aromatic N) is 1. The van der Waals surface area contributed by atoms with E-state index in [1.54, 1.807) is 0 Å². The second-order valence-corrected chi connectivity index (χ2v) is 18.6. The van der Waals surface area contributed by atoms with Crippen LogP contribution in [0.2, 0.25) is 0 Å². The minimum absolute atomic E-state index is 0.644. The molecular weight excluding hydrogens is 843 g/mol. The SMILES string of the molecule is c1ccc(-c2ccc(N(c3cccc4c3C(c3ccccc3)(c3ccccc3)c3ccccc3-4)c3c4c(cc5ccccc35)-c3c-4c(-c4ccccc4)c4ccccc4c3-c3ccccc3)cc2)cc1. The third kappa shape index (κ3) is 5.85. The van der Waals surface area contributed by atoms with Gasteiger partial charge in [0.15, 0.2) is 0 Å². The van der Waals surface area contributed by atoms with Gasteiger partial charge in [-0.15, -0.1) is 0 Å². The molecule has 0 amide bonds. The van der Waals surface area contributed by atoms with Gasteiger partial charge in [-0.05, 0) is 113 Å². The largest absolute Gasteiger partial charge is 0.309 e. The van der Waals surface area contributed by atoms with Crippen molar-refractivity contribution in [1.82, 2.24) is 0 Å². The first-order chi connectivity index (χ1) is 34.8. The van der Waals surface area contributed by atoms with Crippen LogP contribution in [0.4, 0.5) is 17.1 Å². The number of benzene rings is 12. The lowest BCUT2D eigenvalue weighted by Gasteiger charge is -2.41. The molecule has 0 unspecified atom stereocenters. The third-order valence-corrected chi connectivity index (χ3v) is 15.0. The molecule has 0 N–H and O–H groups in total. The van der Waals surface area contributed by atoms with E-state index < -0.39 is 5.41 Å². The van der Waals surface area contributed by atoms with Gasteiger partial charge in [0.05, 0.1) is 16.8 Å². The Hall–Kier alpha value is -9.04. The van der Waals surface area contributed by atoms with Crippen molar-refractivity contribution in [2.75, 3.05) is 4.90 Å². The number of fused-ring (bicyclic) bond motifs is 9. The van der Waals surface area contributed by atoms with E-state index in [9.17, 15) is 0 Å². The summed E-state index contributed by atoms with van der Waals surface area (Å²) in [5.41, 5.74) is 22.8. The summed E-state index contributed by atoms with van der Waals surface area (Å²) in [5.74, 6) is 0. The van der Waals surface area contributed by atoms with Crippen LogP contribution in [-0.4, -0.2) is 0 Å². The summed E-state index contributed by atoms with van der Waals surface area (Å²) in [6.07, 6.45) is 0. The maximum Gasteiger partial charge on any atom is 0.0734 e. The van der Waals surface area contributed by atoms with Crippen molar-refractivity contribution in [3.05, 3.63) is 295 Å². The van der Waals surface area contributed by atoms with Crippen molar-refractivity contribution in [2.24, 2.45) is 0 Å². The van der Waals surface area contributed by atoms with Crippen molar-refractivity contribution in [3.8, 4) is 66.8 Å². The lowest BCUT2D eigenvalue weighted by atomic mass is 9.67. The third-order valence-electron chi connectivity index (χ3n) is 15.0. The van der Waals surface area contributed by atoms with E-state index in [2.05, 4.69) is 278 Å². The summed E-state index contributed by atoms with van der Waals surface area (Å²) in [6.45, 7) is 0. The van der Waals surface area contributed by atoms with Crippen molar-refractivity contribution in [1.29, 1.82) is 0 Å². The molecule has 12 aromatic carbocycles. The second-order valence-electron chi connectivity index (χ2n) is 18.6. The summed E-state index contributed by atoms with van der Waals surface area (Å²) >= 11 is 0. The van der Waals surface area contributed by atoms with E-state index >= 15 is 0 Å². The number of anilines is 3. The van der Waals surface area contributed by atoms with Crippen LogP contribution in [-0.2, 0) is 5.41 Å². The minimum Gasteiger partial charge on any atom is -0.309 e. The van der Waals surface area contributed by atoms with Crippen molar-refractivity contribution in [3.63, 3.8) is 0 Å². The molecule has 0 spiro atoms. The van der Waals surface area contributed by atoms with Gasteiger partial charge in [0.25, 0.3) is 0 Å². The molecule has 2 aliphatic carbocycles. The van der Waals surface area contributed by atoms with E-state index in [0.717, 1.165) is 11.4 Å². The van der Waals surface area contributed by atoms with Crippen molar-refractivity contribution >= 4 is 38.6 Å². The molecule has 12 aromatic rings. The predicted molar refractivity (Wildman–Crippen MR) is 294 cm³/mol. The Morgan fingerprint density at radius 3 is 1.37 bits per heavy atom. The molecule has 0 aliphatic heterocycles. The molecule has 2 aliphatic rings. The van der Waals surface area contributed by atoms with Gasteiger partial charge in [-0.3, -0.25) is 0 Å². The molecule has 1 nitrogen and oxygen atoms in total. The lowest BCUT2D eigenvalue weighted by Crippen LogP contribution is -2.30. The van der Waals surface area contributed by atoms with Gasteiger partial charge in [0.2, 0.25) is 0 Å². The first kappa shape index (κ1) is 40.1. The average molecular weight is 888 g/mol. The van der Waals surface area contributed by atoms with E-state index in [0.29, 0.717) is 0 Å². The fourth-order valence-electron chi connectivity index (χ4n) is 12.2. The number of hydrogen-bond acceptors (Lipinski definition) is 1. The van der Waals surface area contributed by atoms with Crippen molar-refractivity contribution < 1.29 is 0 Å². The Labute approximate surface area is 408 Å². The second kappa shape index (κ2) is 16.0. The first-order valence-corrected chi connectivity index (χ1v) is 24.3. The zero-order valence-corrected chi connectivity index (χ0v) is 38.4. The molecule has 0 radical (unpaired) electrons. The fourth-order valence-corrected chi connectivity index (χ4v) is 12.2. The Kier molecular flexibility index (Phi) is 9.19. The Bertz CT molecular complexity index is 3910. The lowest BCUT2D eigenvalue weighted by molar-refractivity contribution is 0.768. The number of hydrogen-bond donors (Lipinski definition) is 0. The molecule has 1 heteroatoms. The van der Waals surface area contributed by atoms with E-state index in [-0.39, 0.29) is 0 Å². The highest BCUT2D eigenvalue weighted by molar-refractivity contribution is 6.30. The molecule has 0 atom stereocenters. The van der Waals surface area contributed by atoms with Gasteiger partial charge < -0.3 is 4.90 Å². The Balaban J connectivity index is 1.15. The predicted octanol–water partition coefficient (Wildman–Crippen LogP) is 18.5. The standard InChI is InChI=1S/C69H45N/c1-6-23-46(24-7-1)47-41-43-53(44-42-47)70(61-40-22-38-58-55-35-20-21-39-60(55)69(67(58)61,51-30-12-4-13-31-51)52-32-14-5-15-33-52)68-54-34-17-16-29-50(54)45-59-64-62(48-25-8-2-9-26-48)56-36-18-19-37-57(56)63(66(64)65(59)68)49-27-10-3-11-28-49/h1-45H. The van der Waals surface area contributed by atoms with Gasteiger partial charge in [-0.25, -0.2) is 0 Å². The zero-order chi connectivity index (χ0) is 46.2. The van der Waals surface area contributed by atoms with E-state index in [1.165, 1.54) is 116 Å². The highest BCUT2D eigenvalue weighted by atomic mass is 15.2. The summed E-state index contributed by atoms with van der Waals surface area (Å²) in [6, 6.07) is 101. The maximum absolute atomic E-state index is 2.64. The Morgan fingerprint density at radius 1 is 0.286 bits per heavy atom. The molecule has 326 valence electrons. The quantitative estimate of drug-likeness (QED) is 0.147. The molecule has 0 fully saturated rings. The van der Waals surface area contributed by atoms with E-state index in [4.69, 9.17) is 0 Å². The number of rotatable bonds is 8. The highest BCUT2D eigenvalue weighted by Gasteiger charge is 2.49. The molecule has 0 saturated heterocycles. The topological polar surface area (TPSA) is 3.24 Å². The van der Waals surface area contributed by atoms with Crippen LogP contribution in [0.3, 0.4) is 0 Å². The molecular formula is C69H45N. The zero-order valence-electron chi connectivity index (χ0n) is 38.4. The average Bonchev–Trinajstić information content (AvgIpc) is 3.75. The van der Waals surface area contributed by atoms with Crippen LogP contribution in [0, 0.1) is 0 Å². The van der Waals surface area contributed by atoms with Crippen LogP contribution < -0.4 is 4.90 Å². The monoisotopic (exact) mass is 887 g/mol. The smallest absolute Gasteiger partial charge is 0.0734 e. The molecule has 0 aromatic heterocycles. The summed E-state index contributed by atoms with van der Waals surface area (Å²) < 4.78 is 0. The van der Waals surface area contributed by atoms with Crippen LogP contribution in [0.1, 0.15) is 22.3 Å². The van der Waals surface area contributed by atoms with Crippen LogP contribution in [0.15, 0.2) is 273 Å². The van der Waals surface area contributed by atoms with Crippen molar-refractivity contribution in [2.45, 2.75) is 5.41 Å². The maximum atomic E-state index is 2.64. The van der Waals surface area contributed by atoms with Crippen LogP contribution in [0.5, 0.6) is 0 Å². The van der Waals surface area contributed by atoms with Gasteiger partial charge >= 0.3 is 0 Å². The minimum atomic E-state index is -0.644. The Morgan fingerprint density at radius 2 is 0.757 bits per heavy atom. The van der Waals surface area contributed by atoms with E-state index in [1.807, 2.05) is 0 Å². The first-order valence-electron chi connectivity index (χ1n) is 24.3. The van der Waals surface area contributed by atoms with Gasteiger partial charge in [-0.1, -0.05) is 249 Å². The van der Waals surface area contributed by atoms with Gasteiger partial charge in [0, 0.05) is 27.8 Å². The highest BCUT2D eigenvalue weighted by Crippen LogP contribution is 2.66. The van der Waals surface area contributed by atoms with Crippen LogP contribution in [0.25, 0.3) is 88.3 Å². The van der Waals surface area contributed by atoms with Crippen LogP contribution >= 0.6 is 0 Å². The molecule has 14 rings (SSSR count). The summed E-state index contributed by atoms with van der Waals surface area (Å²) in [5, 5.41) is 4.91. The van der Waals surface area contributed by atoms with Gasteiger partial charge in [0.1, 0.15) is 0 Å². The molecule has 0 heterocycles. The molecule has 0 saturated carbocycles. The summed E-state index contributed by atoms with van der Waals surface area (Å²) in [4.78, 5) is 2.64. The fraction of sp³-hybridized carbons (Fsp3) is 0.0145. The molecule has 70 heavy (non-hydrogen) atoms. The van der Waals surface area contributed by atoms with Gasteiger partial charge in [-0.2, -0.15) is 0 Å². The normalized spacial score (nSPS) is 12.7. The summed E-state index contributed by atoms with van der Waals surface area (Å²) in [7, 11) is 0.